The molecule has 0 radical (unpaired) electrons. The van der Waals surface area contributed by atoms with E-state index in [-0.39, 0.29) is 0 Å². The lowest BCUT2D eigenvalue weighted by Crippen LogP contribution is -2.28. The van der Waals surface area contributed by atoms with Crippen molar-refractivity contribution in [2.45, 2.75) is 19.3 Å². The van der Waals surface area contributed by atoms with Crippen LogP contribution in [0.1, 0.15) is 33.5 Å². The van der Waals surface area contributed by atoms with E-state index in [0.717, 1.165) is 0 Å². The fraction of sp³-hybridized carbons (Fsp3) is 0.0435. The summed E-state index contributed by atoms with van der Waals surface area (Å²) in [6.45, 7) is 4.62. The smallest absolute Gasteiger partial charge is 0.0714 e. The maximum absolute atomic E-state index is 2.56. The maximum atomic E-state index is 2.56. The second-order valence-electron chi connectivity index (χ2n) is 19.5. The topological polar surface area (TPSA) is 4.93 Å². The highest BCUT2D eigenvalue weighted by molar-refractivity contribution is 6.33. The fourth-order valence-corrected chi connectivity index (χ4v) is 13.2. The van der Waals surface area contributed by atoms with Crippen molar-refractivity contribution in [2.24, 2.45) is 0 Å². The highest BCUT2D eigenvalue weighted by Crippen LogP contribution is 2.57. The number of hydrogen-bond donors (Lipinski definition) is 0. The van der Waals surface area contributed by atoms with Gasteiger partial charge in [0.25, 0.3) is 0 Å². The van der Waals surface area contributed by atoms with E-state index in [1.54, 1.807) is 0 Å². The van der Waals surface area contributed by atoms with E-state index in [9.17, 15) is 0 Å². The Balaban J connectivity index is 0.999. The summed E-state index contributed by atoms with van der Waals surface area (Å²) < 4.78 is 2.56. The second kappa shape index (κ2) is 14.6. The predicted molar refractivity (Wildman–Crippen MR) is 297 cm³/mol. The fourth-order valence-electron chi connectivity index (χ4n) is 13.2. The van der Waals surface area contributed by atoms with Crippen LogP contribution in [-0.2, 0) is 5.41 Å². The summed E-state index contributed by atoms with van der Waals surface area (Å²) in [5, 5.41) is 16.6. The van der Waals surface area contributed by atoms with E-state index in [0.29, 0.717) is 0 Å². The third kappa shape index (κ3) is 5.16. The Morgan fingerprint density at radius 1 is 0.314 bits per heavy atom. The van der Waals surface area contributed by atoms with Gasteiger partial charge in [-0.05, 0) is 152 Å². The van der Waals surface area contributed by atoms with Crippen LogP contribution in [0, 0.1) is 13.8 Å². The van der Waals surface area contributed by atoms with Gasteiger partial charge in [0.05, 0.1) is 10.9 Å². The Morgan fingerprint density at radius 3 is 1.51 bits per heavy atom. The molecule has 1 aliphatic rings. The molecule has 0 amide bonds. The summed E-state index contributed by atoms with van der Waals surface area (Å²) in [6.07, 6.45) is 0. The van der Waals surface area contributed by atoms with E-state index in [1.165, 1.54) is 148 Å². The molecule has 0 fully saturated rings. The lowest BCUT2D eigenvalue weighted by Gasteiger charge is -2.34. The molecule has 13 aromatic carbocycles. The van der Waals surface area contributed by atoms with Crippen molar-refractivity contribution in [3.63, 3.8) is 0 Å². The molecule has 0 saturated heterocycles. The molecule has 1 heterocycles. The van der Waals surface area contributed by atoms with Crippen LogP contribution in [0.4, 0.5) is 0 Å². The van der Waals surface area contributed by atoms with E-state index >= 15 is 0 Å². The summed E-state index contributed by atoms with van der Waals surface area (Å²) in [7, 11) is 0. The zero-order chi connectivity index (χ0) is 46.2. The van der Waals surface area contributed by atoms with Crippen molar-refractivity contribution < 1.29 is 0 Å². The molecule has 15 rings (SSSR count). The number of rotatable bonds is 5. The average molecular weight is 888 g/mol. The average Bonchev–Trinajstić information content (AvgIpc) is 3.86. The summed E-state index contributed by atoms with van der Waals surface area (Å²) in [6, 6.07) is 89.0. The molecular weight excluding hydrogens is 843 g/mol. The number of hydrogen-bond acceptors (Lipinski definition) is 0. The van der Waals surface area contributed by atoms with E-state index in [4.69, 9.17) is 0 Å². The van der Waals surface area contributed by atoms with Gasteiger partial charge >= 0.3 is 0 Å². The highest BCUT2D eigenvalue weighted by Gasteiger charge is 2.46. The van der Waals surface area contributed by atoms with Crippen molar-refractivity contribution in [3.05, 3.63) is 270 Å². The monoisotopic (exact) mass is 887 g/mol. The zero-order valence-corrected chi connectivity index (χ0v) is 39.0. The molecule has 1 aliphatic carbocycles. The molecule has 326 valence electrons. The molecule has 0 N–H and O–H groups in total. The molecular formula is C69H45N. The summed E-state index contributed by atoms with van der Waals surface area (Å²) in [5.41, 5.74) is 17.4. The van der Waals surface area contributed by atoms with Crippen LogP contribution in [0.25, 0.3) is 115 Å². The third-order valence-electron chi connectivity index (χ3n) is 16.2. The Labute approximate surface area is 406 Å². The van der Waals surface area contributed by atoms with Gasteiger partial charge in [-0.25, -0.2) is 0 Å². The van der Waals surface area contributed by atoms with E-state index < -0.39 is 5.41 Å². The van der Waals surface area contributed by atoms with Gasteiger partial charge in [-0.1, -0.05) is 218 Å². The summed E-state index contributed by atoms with van der Waals surface area (Å²) >= 11 is 0. The van der Waals surface area contributed by atoms with Crippen LogP contribution >= 0.6 is 0 Å². The predicted octanol–water partition coefficient (Wildman–Crippen LogP) is 18.3. The van der Waals surface area contributed by atoms with Gasteiger partial charge in [0.1, 0.15) is 0 Å². The van der Waals surface area contributed by atoms with E-state index in [1.807, 2.05) is 0 Å². The first-order valence-electron chi connectivity index (χ1n) is 24.6. The number of fused-ring (bicyclic) bond motifs is 8. The lowest BCUT2D eigenvalue weighted by atomic mass is 9.67. The Morgan fingerprint density at radius 2 is 0.814 bits per heavy atom. The molecule has 70 heavy (non-hydrogen) atoms. The first kappa shape index (κ1) is 39.2. The van der Waals surface area contributed by atoms with Crippen LogP contribution in [0.3, 0.4) is 0 Å². The quantitative estimate of drug-likeness (QED) is 0.120. The van der Waals surface area contributed by atoms with Gasteiger partial charge in [0.15, 0.2) is 0 Å². The SMILES string of the molecule is Cc1c(C)n(-c2ccc3c(c2)C(c2ccccc2)(c2ccccc2)c2ccccc2-3)c2c1cc1ccc3c(-c4c5ccccc5c(-c5cccc6ccccc56)c5ccccc45)ccc4ccc2c1c43. The molecule has 1 heteroatoms. The molecule has 14 aromatic rings. The van der Waals surface area contributed by atoms with Gasteiger partial charge in [-0.3, -0.25) is 0 Å². The van der Waals surface area contributed by atoms with Crippen molar-refractivity contribution in [3.8, 4) is 39.1 Å². The minimum absolute atomic E-state index is 0.486. The summed E-state index contributed by atoms with van der Waals surface area (Å²) in [5.74, 6) is 0. The normalized spacial score (nSPS) is 13.1. The van der Waals surface area contributed by atoms with Crippen molar-refractivity contribution >= 4 is 75.5 Å². The van der Waals surface area contributed by atoms with Gasteiger partial charge in [0, 0.05) is 22.2 Å². The van der Waals surface area contributed by atoms with Gasteiger partial charge < -0.3 is 4.57 Å². The Kier molecular flexibility index (Phi) is 8.19. The van der Waals surface area contributed by atoms with Gasteiger partial charge in [-0.15, -0.1) is 0 Å². The molecule has 1 nitrogen and oxygen atoms in total. The first-order chi connectivity index (χ1) is 34.6. The Hall–Kier alpha value is -8.78. The molecule has 0 atom stereocenters. The molecule has 0 spiro atoms. The van der Waals surface area contributed by atoms with Gasteiger partial charge in [0.2, 0.25) is 0 Å². The minimum Gasteiger partial charge on any atom is -0.313 e. The molecule has 0 unspecified atom stereocenters. The number of aromatic nitrogens is 1. The van der Waals surface area contributed by atoms with Crippen molar-refractivity contribution in [1.29, 1.82) is 0 Å². The number of aryl methyl sites for hydroxylation is 1. The maximum Gasteiger partial charge on any atom is 0.0714 e. The Bertz CT molecular complexity index is 4370. The van der Waals surface area contributed by atoms with E-state index in [2.05, 4.69) is 255 Å². The van der Waals surface area contributed by atoms with Crippen LogP contribution in [0.15, 0.2) is 237 Å². The number of nitrogens with zero attached hydrogens (tertiary/aromatic N) is 1. The zero-order valence-electron chi connectivity index (χ0n) is 39.0. The molecule has 0 aliphatic heterocycles. The second-order valence-corrected chi connectivity index (χ2v) is 19.5. The summed E-state index contributed by atoms with van der Waals surface area (Å²) in [4.78, 5) is 0. The van der Waals surface area contributed by atoms with Crippen LogP contribution in [0.2, 0.25) is 0 Å². The van der Waals surface area contributed by atoms with Crippen molar-refractivity contribution in [1.82, 2.24) is 4.57 Å². The largest absolute Gasteiger partial charge is 0.313 e. The number of benzene rings is 13. The molecule has 1 aromatic heterocycles. The third-order valence-corrected chi connectivity index (χ3v) is 16.2. The first-order valence-corrected chi connectivity index (χ1v) is 24.6. The molecule has 0 saturated carbocycles. The van der Waals surface area contributed by atoms with Crippen LogP contribution < -0.4 is 0 Å². The molecule has 0 bridgehead atoms. The van der Waals surface area contributed by atoms with Gasteiger partial charge in [-0.2, -0.15) is 0 Å². The van der Waals surface area contributed by atoms with Crippen LogP contribution in [0.5, 0.6) is 0 Å². The van der Waals surface area contributed by atoms with Crippen molar-refractivity contribution in [2.75, 3.05) is 0 Å². The standard InChI is InChI=1S/C69H45N/c1-42-43(2)70(49-35-39-52-51-25-15-16-31-62(51)69(63(52)41-49,47-20-5-3-6-21-47)48-22-7-4-8-23-48)68-60-38-33-45-32-36-59(58-37-34-46(40-61(42)68)65(60)64(45)58)67-56-28-13-11-26-54(56)66(55-27-12-14-29-57(55)67)53-30-17-19-44-18-9-10-24-50(44)53/h3-41H,1-2H3. The lowest BCUT2D eigenvalue weighted by molar-refractivity contribution is 0.767. The highest BCUT2D eigenvalue weighted by atomic mass is 15.0. The minimum atomic E-state index is -0.486. The van der Waals surface area contributed by atoms with Crippen LogP contribution in [-0.4, -0.2) is 4.57 Å².